The molecule has 0 N–H and O–H groups in total. The molecule has 0 bridgehead atoms. The number of halogens is 6. The number of rotatable bonds is 11. The molecule has 5 aromatic rings. The van der Waals surface area contributed by atoms with Crippen LogP contribution in [0.5, 0.6) is 11.5 Å². The van der Waals surface area contributed by atoms with Crippen molar-refractivity contribution in [2.45, 2.75) is 58.3 Å². The number of fused-ring (bicyclic) bond motifs is 1. The van der Waals surface area contributed by atoms with Crippen molar-refractivity contribution in [3.8, 4) is 34.1 Å². The predicted molar refractivity (Wildman–Crippen MR) is 170 cm³/mol. The lowest BCUT2D eigenvalue weighted by atomic mass is 10.0. The van der Waals surface area contributed by atoms with Crippen molar-refractivity contribution in [2.24, 2.45) is 0 Å². The third-order valence-electron chi connectivity index (χ3n) is 8.16. The quantitative estimate of drug-likeness (QED) is 0.132. The minimum absolute atomic E-state index is 0.0618. The van der Waals surface area contributed by atoms with Crippen LogP contribution < -0.4 is 9.47 Å². The summed E-state index contributed by atoms with van der Waals surface area (Å²) >= 11 is 0. The second kappa shape index (κ2) is 13.8. The topological polar surface area (TPSA) is 39.5 Å². The summed E-state index contributed by atoms with van der Waals surface area (Å²) < 4.78 is 96.2. The Balaban J connectivity index is 1.48. The second-order valence-electron chi connectivity index (χ2n) is 11.7. The van der Waals surface area contributed by atoms with Crippen molar-refractivity contribution in [1.82, 2.24) is 14.5 Å². The molecule has 48 heavy (non-hydrogen) atoms. The first-order chi connectivity index (χ1) is 23.0. The van der Waals surface area contributed by atoms with Gasteiger partial charge in [-0.3, -0.25) is 4.90 Å². The Morgan fingerprint density at radius 2 is 1.29 bits per heavy atom. The molecule has 0 atom stereocenters. The lowest BCUT2D eigenvalue weighted by molar-refractivity contribution is -0.143. The zero-order valence-electron chi connectivity index (χ0n) is 26.1. The largest absolute Gasteiger partial charge is 0.454 e. The van der Waals surface area contributed by atoms with E-state index in [2.05, 4.69) is 11.5 Å². The molecular weight excluding hydrogens is 632 g/mol. The van der Waals surface area contributed by atoms with Crippen molar-refractivity contribution < 1.29 is 35.8 Å². The Morgan fingerprint density at radius 3 is 1.92 bits per heavy atom. The molecule has 1 aliphatic rings. The van der Waals surface area contributed by atoms with Gasteiger partial charge >= 0.3 is 12.4 Å². The molecule has 4 aromatic carbocycles. The van der Waals surface area contributed by atoms with Crippen molar-refractivity contribution >= 4 is 0 Å². The van der Waals surface area contributed by atoms with Crippen molar-refractivity contribution in [1.29, 1.82) is 0 Å². The van der Waals surface area contributed by atoms with Crippen molar-refractivity contribution in [2.75, 3.05) is 6.79 Å². The number of alkyl halides is 6. The number of ether oxygens (including phenoxy) is 2. The molecule has 0 spiro atoms. The van der Waals surface area contributed by atoms with Gasteiger partial charge in [0.15, 0.2) is 11.5 Å². The average molecular weight is 666 g/mol. The summed E-state index contributed by atoms with van der Waals surface area (Å²) in [6.07, 6.45) is -8.18. The van der Waals surface area contributed by atoms with E-state index in [0.717, 1.165) is 53.2 Å². The highest BCUT2D eigenvalue weighted by atomic mass is 19.4. The maximum atomic E-state index is 13.9. The van der Waals surface area contributed by atoms with Gasteiger partial charge in [-0.05, 0) is 47.9 Å². The van der Waals surface area contributed by atoms with Gasteiger partial charge in [0.2, 0.25) is 6.79 Å². The monoisotopic (exact) mass is 665 g/mol. The molecule has 1 aromatic heterocycles. The van der Waals surface area contributed by atoms with E-state index in [1.807, 2.05) is 71.6 Å². The van der Waals surface area contributed by atoms with E-state index in [-0.39, 0.29) is 38.1 Å². The van der Waals surface area contributed by atoms with Crippen LogP contribution in [0.4, 0.5) is 26.3 Å². The first kappa shape index (κ1) is 33.1. The molecule has 0 aliphatic carbocycles. The highest BCUT2D eigenvalue weighted by Gasteiger charge is 2.37. The SMILES string of the molecule is CCCCn1c(-c2ccccc2)nc(-c2ccccc2)c1CN(Cc1cc(C(F)(F)F)cc(C(F)(F)F)c1)Cc1ccc2c(c1)OCO2. The Labute approximate surface area is 274 Å². The Bertz CT molecular complexity index is 1820. The van der Waals surface area contributed by atoms with Gasteiger partial charge in [0.25, 0.3) is 0 Å². The fraction of sp³-hybridized carbons (Fsp3) is 0.270. The first-order valence-corrected chi connectivity index (χ1v) is 15.6. The van der Waals surface area contributed by atoms with Crippen LogP contribution in [-0.4, -0.2) is 21.2 Å². The minimum Gasteiger partial charge on any atom is -0.454 e. The molecule has 0 saturated carbocycles. The van der Waals surface area contributed by atoms with Crippen LogP contribution in [0.25, 0.3) is 22.6 Å². The summed E-state index contributed by atoms with van der Waals surface area (Å²) in [5, 5.41) is 0. The molecule has 2 heterocycles. The van der Waals surface area contributed by atoms with Gasteiger partial charge in [0.1, 0.15) is 5.82 Å². The molecule has 0 radical (unpaired) electrons. The van der Waals surface area contributed by atoms with Crippen LogP contribution in [0, 0.1) is 0 Å². The van der Waals surface area contributed by atoms with E-state index in [0.29, 0.717) is 23.7 Å². The van der Waals surface area contributed by atoms with Gasteiger partial charge in [-0.1, -0.05) is 80.1 Å². The van der Waals surface area contributed by atoms with Crippen LogP contribution in [0.2, 0.25) is 0 Å². The number of benzene rings is 4. The summed E-state index contributed by atoms with van der Waals surface area (Å²) in [6, 6.07) is 26.4. The molecule has 0 unspecified atom stereocenters. The Morgan fingerprint density at radius 1 is 0.688 bits per heavy atom. The molecule has 0 saturated heterocycles. The van der Waals surface area contributed by atoms with Gasteiger partial charge in [-0.2, -0.15) is 26.3 Å². The van der Waals surface area contributed by atoms with E-state index in [1.165, 1.54) is 0 Å². The van der Waals surface area contributed by atoms with Gasteiger partial charge in [-0.15, -0.1) is 0 Å². The van der Waals surface area contributed by atoms with Crippen molar-refractivity contribution in [3.05, 3.63) is 125 Å². The Hall–Kier alpha value is -4.77. The van der Waals surface area contributed by atoms with Crippen molar-refractivity contribution in [3.63, 3.8) is 0 Å². The average Bonchev–Trinajstić information content (AvgIpc) is 3.68. The molecule has 250 valence electrons. The maximum absolute atomic E-state index is 13.9. The zero-order chi connectivity index (χ0) is 33.9. The standard InChI is InChI=1S/C37H33F6N3O2/c1-2-3-16-46-31(34(27-10-6-4-7-11-27)44-35(46)28-12-8-5-9-13-28)23-45(21-25-14-15-32-33(19-25)48-24-47-32)22-26-17-29(36(38,39)40)20-30(18-26)37(41,42)43/h4-15,17-20H,2-3,16,21-24H2,1H3. The normalized spacial score (nSPS) is 13.0. The van der Waals surface area contributed by atoms with E-state index >= 15 is 0 Å². The fourth-order valence-electron chi connectivity index (χ4n) is 5.88. The number of unbranched alkanes of at least 4 members (excludes halogenated alkanes) is 1. The van der Waals surface area contributed by atoms with Crippen LogP contribution in [0.15, 0.2) is 97.1 Å². The number of nitrogens with zero attached hydrogens (tertiary/aromatic N) is 3. The molecule has 11 heteroatoms. The predicted octanol–water partition coefficient (Wildman–Crippen LogP) is 9.99. The lowest BCUT2D eigenvalue weighted by Gasteiger charge is -2.25. The zero-order valence-corrected chi connectivity index (χ0v) is 26.1. The first-order valence-electron chi connectivity index (χ1n) is 15.6. The van der Waals surface area contributed by atoms with Crippen LogP contribution in [0.1, 0.15) is 47.7 Å². The smallest absolute Gasteiger partial charge is 0.416 e. The summed E-state index contributed by atoms with van der Waals surface area (Å²) in [6.45, 7) is 2.94. The Kier molecular flexibility index (Phi) is 9.50. The van der Waals surface area contributed by atoms with Gasteiger partial charge in [0.05, 0.1) is 22.5 Å². The van der Waals surface area contributed by atoms with Crippen LogP contribution in [-0.2, 0) is 38.5 Å². The van der Waals surface area contributed by atoms with Gasteiger partial charge < -0.3 is 14.0 Å². The van der Waals surface area contributed by atoms with Crippen LogP contribution in [0.3, 0.4) is 0 Å². The number of hydrogen-bond donors (Lipinski definition) is 0. The number of imidazole rings is 1. The third-order valence-corrected chi connectivity index (χ3v) is 8.16. The second-order valence-corrected chi connectivity index (χ2v) is 11.7. The third kappa shape index (κ3) is 7.52. The molecule has 5 nitrogen and oxygen atoms in total. The summed E-state index contributed by atoms with van der Waals surface area (Å²) in [5.74, 6) is 1.82. The number of aromatic nitrogens is 2. The van der Waals surface area contributed by atoms with E-state index in [9.17, 15) is 26.3 Å². The van der Waals surface area contributed by atoms with Crippen LogP contribution >= 0.6 is 0 Å². The van der Waals surface area contributed by atoms with E-state index < -0.39 is 23.5 Å². The summed E-state index contributed by atoms with van der Waals surface area (Å²) in [5.41, 5.74) is 1.19. The van der Waals surface area contributed by atoms with Gasteiger partial charge in [-0.25, -0.2) is 4.98 Å². The maximum Gasteiger partial charge on any atom is 0.416 e. The molecule has 6 rings (SSSR count). The van der Waals surface area contributed by atoms with E-state index in [4.69, 9.17) is 14.5 Å². The molecular formula is C37H33F6N3O2. The summed E-state index contributed by atoms with van der Waals surface area (Å²) in [7, 11) is 0. The fourth-order valence-corrected chi connectivity index (χ4v) is 5.88. The molecule has 0 fully saturated rings. The van der Waals surface area contributed by atoms with E-state index in [1.54, 1.807) is 12.1 Å². The van der Waals surface area contributed by atoms with Gasteiger partial charge in [0, 0.05) is 37.3 Å². The number of hydrogen-bond acceptors (Lipinski definition) is 4. The highest BCUT2D eigenvalue weighted by molar-refractivity contribution is 5.68. The minimum atomic E-state index is -4.96. The molecule has 0 amide bonds. The molecule has 1 aliphatic heterocycles. The summed E-state index contributed by atoms with van der Waals surface area (Å²) in [4.78, 5) is 6.95. The highest BCUT2D eigenvalue weighted by Crippen LogP contribution is 2.38. The lowest BCUT2D eigenvalue weighted by Crippen LogP contribution is -2.25.